The SMILES string of the molecule is C[C@@H]1CN(C(=O)c2cnc3c(c2)nc(-c2cc4ccc(C(F)(F)F)nc4n2CC2CC2)n3C)C2N[C@@H]21. The van der Waals surface area contributed by atoms with Gasteiger partial charge in [-0.2, -0.15) is 13.2 Å². The van der Waals surface area contributed by atoms with Crippen LogP contribution < -0.4 is 5.32 Å². The van der Waals surface area contributed by atoms with Crippen LogP contribution in [0.3, 0.4) is 0 Å². The van der Waals surface area contributed by atoms with Crippen molar-refractivity contribution >= 4 is 28.1 Å². The van der Waals surface area contributed by atoms with E-state index in [0.717, 1.165) is 18.9 Å². The van der Waals surface area contributed by atoms with E-state index < -0.39 is 11.9 Å². The molecule has 186 valence electrons. The van der Waals surface area contributed by atoms with Crippen LogP contribution in [-0.2, 0) is 19.8 Å². The first-order chi connectivity index (χ1) is 17.2. The van der Waals surface area contributed by atoms with Crippen molar-refractivity contribution < 1.29 is 18.0 Å². The number of pyridine rings is 2. The molecule has 4 aromatic heterocycles. The summed E-state index contributed by atoms with van der Waals surface area (Å²) in [4.78, 5) is 28.3. The molecule has 6 heterocycles. The van der Waals surface area contributed by atoms with Gasteiger partial charge in [-0.25, -0.2) is 15.0 Å². The van der Waals surface area contributed by atoms with Crippen LogP contribution in [0.25, 0.3) is 33.7 Å². The number of aromatic nitrogens is 5. The predicted molar refractivity (Wildman–Crippen MR) is 126 cm³/mol. The van der Waals surface area contributed by atoms with Gasteiger partial charge in [0.25, 0.3) is 5.91 Å². The quantitative estimate of drug-likeness (QED) is 0.435. The number of halogens is 3. The van der Waals surface area contributed by atoms with E-state index in [1.807, 2.05) is 27.1 Å². The van der Waals surface area contributed by atoms with Gasteiger partial charge in [-0.1, -0.05) is 6.92 Å². The lowest BCUT2D eigenvalue weighted by atomic mass is 10.1. The Bertz CT molecular complexity index is 1550. The number of nitrogens with zero attached hydrogens (tertiary/aromatic N) is 6. The summed E-state index contributed by atoms with van der Waals surface area (Å²) in [7, 11) is 1.83. The van der Waals surface area contributed by atoms with E-state index in [2.05, 4.69) is 22.2 Å². The van der Waals surface area contributed by atoms with Crippen LogP contribution in [0.5, 0.6) is 0 Å². The van der Waals surface area contributed by atoms with Crippen LogP contribution in [0.15, 0.2) is 30.5 Å². The van der Waals surface area contributed by atoms with Crippen LogP contribution in [0.1, 0.15) is 35.8 Å². The van der Waals surface area contributed by atoms with Crippen molar-refractivity contribution in [3.63, 3.8) is 0 Å². The van der Waals surface area contributed by atoms with E-state index in [0.29, 0.717) is 70.2 Å². The molecule has 2 aliphatic heterocycles. The van der Waals surface area contributed by atoms with E-state index in [9.17, 15) is 18.0 Å². The summed E-state index contributed by atoms with van der Waals surface area (Å²) >= 11 is 0. The van der Waals surface area contributed by atoms with E-state index in [1.54, 1.807) is 12.3 Å². The summed E-state index contributed by atoms with van der Waals surface area (Å²) in [5.74, 6) is 1.33. The number of carbonyl (C=O) groups is 1. The van der Waals surface area contributed by atoms with Crippen molar-refractivity contribution in [1.82, 2.24) is 34.3 Å². The average molecular weight is 496 g/mol. The molecule has 2 saturated heterocycles. The smallest absolute Gasteiger partial charge is 0.322 e. The number of rotatable bonds is 4. The minimum Gasteiger partial charge on any atom is -0.322 e. The number of likely N-dealkylation sites (tertiary alicyclic amines) is 1. The van der Waals surface area contributed by atoms with Crippen LogP contribution >= 0.6 is 0 Å². The van der Waals surface area contributed by atoms with E-state index >= 15 is 0 Å². The fourth-order valence-electron chi connectivity index (χ4n) is 5.45. The fraction of sp³-hybridized carbons (Fsp3) is 0.440. The second-order valence-electron chi connectivity index (χ2n) is 10.3. The van der Waals surface area contributed by atoms with Gasteiger partial charge in [0.15, 0.2) is 11.5 Å². The number of amides is 1. The largest absolute Gasteiger partial charge is 0.433 e. The number of alkyl halides is 3. The highest BCUT2D eigenvalue weighted by Gasteiger charge is 2.53. The molecule has 0 bridgehead atoms. The van der Waals surface area contributed by atoms with Crippen molar-refractivity contribution in [2.24, 2.45) is 18.9 Å². The second kappa shape index (κ2) is 7.28. The molecule has 1 amide bonds. The van der Waals surface area contributed by atoms with Gasteiger partial charge in [-0.3, -0.25) is 10.1 Å². The van der Waals surface area contributed by atoms with Crippen molar-refractivity contribution in [2.45, 2.75) is 44.7 Å². The first-order valence-corrected chi connectivity index (χ1v) is 12.2. The van der Waals surface area contributed by atoms with Gasteiger partial charge >= 0.3 is 6.18 Å². The zero-order chi connectivity index (χ0) is 24.9. The fourth-order valence-corrected chi connectivity index (χ4v) is 5.45. The highest BCUT2D eigenvalue weighted by Crippen LogP contribution is 2.38. The molecule has 1 aliphatic carbocycles. The maximum Gasteiger partial charge on any atom is 0.433 e. The molecule has 7 rings (SSSR count). The van der Waals surface area contributed by atoms with Crippen molar-refractivity contribution in [1.29, 1.82) is 0 Å². The van der Waals surface area contributed by atoms with Gasteiger partial charge in [-0.15, -0.1) is 0 Å². The Kier molecular flexibility index (Phi) is 4.41. The van der Waals surface area contributed by atoms with E-state index in [1.165, 1.54) is 6.07 Å². The molecule has 3 atom stereocenters. The first-order valence-electron chi connectivity index (χ1n) is 12.2. The third-order valence-corrected chi connectivity index (χ3v) is 7.65. The normalized spacial score (nSPS) is 23.6. The van der Waals surface area contributed by atoms with Crippen LogP contribution in [0, 0.1) is 11.8 Å². The molecule has 3 aliphatic rings. The maximum absolute atomic E-state index is 13.4. The lowest BCUT2D eigenvalue weighted by Gasteiger charge is -2.19. The highest BCUT2D eigenvalue weighted by atomic mass is 19.4. The molecule has 36 heavy (non-hydrogen) atoms. The van der Waals surface area contributed by atoms with Gasteiger partial charge in [0.05, 0.1) is 17.4 Å². The monoisotopic (exact) mass is 495 g/mol. The third-order valence-electron chi connectivity index (χ3n) is 7.65. The molecule has 1 unspecified atom stereocenters. The average Bonchev–Trinajstić information content (AvgIpc) is 3.74. The highest BCUT2D eigenvalue weighted by molar-refractivity contribution is 5.97. The van der Waals surface area contributed by atoms with E-state index in [-0.39, 0.29) is 12.1 Å². The third kappa shape index (κ3) is 3.32. The molecule has 0 spiro atoms. The Morgan fingerprint density at radius 2 is 1.97 bits per heavy atom. The van der Waals surface area contributed by atoms with Crippen LogP contribution in [-0.4, -0.2) is 53.6 Å². The van der Waals surface area contributed by atoms with Crippen molar-refractivity contribution in [3.8, 4) is 11.5 Å². The summed E-state index contributed by atoms with van der Waals surface area (Å²) in [6, 6.07) is 6.43. The molecule has 8 nitrogen and oxygen atoms in total. The summed E-state index contributed by atoms with van der Waals surface area (Å²) in [6.07, 6.45) is -0.766. The number of nitrogens with one attached hydrogen (secondary N) is 1. The molecular weight excluding hydrogens is 471 g/mol. The molecule has 0 aromatic carbocycles. The number of carbonyl (C=O) groups excluding carboxylic acids is 1. The number of aryl methyl sites for hydroxylation is 1. The second-order valence-corrected chi connectivity index (χ2v) is 10.3. The zero-order valence-electron chi connectivity index (χ0n) is 19.8. The first kappa shape index (κ1) is 21.8. The van der Waals surface area contributed by atoms with Gasteiger partial charge in [0.2, 0.25) is 0 Å². The zero-order valence-corrected chi connectivity index (χ0v) is 19.8. The number of hydrogen-bond acceptors (Lipinski definition) is 5. The van der Waals surface area contributed by atoms with Crippen molar-refractivity contribution in [2.75, 3.05) is 6.54 Å². The van der Waals surface area contributed by atoms with E-state index in [4.69, 9.17) is 4.98 Å². The number of imidazole rings is 1. The van der Waals surface area contributed by atoms with Gasteiger partial charge in [0.1, 0.15) is 16.9 Å². The predicted octanol–water partition coefficient (Wildman–Crippen LogP) is 3.80. The summed E-state index contributed by atoms with van der Waals surface area (Å²) in [6.45, 7) is 3.42. The van der Waals surface area contributed by atoms with Gasteiger partial charge in [-0.05, 0) is 48.9 Å². The van der Waals surface area contributed by atoms with Crippen LogP contribution in [0.2, 0.25) is 0 Å². The van der Waals surface area contributed by atoms with Crippen LogP contribution in [0.4, 0.5) is 13.2 Å². The lowest BCUT2D eigenvalue weighted by molar-refractivity contribution is -0.141. The molecule has 0 radical (unpaired) electrons. The Labute approximate surface area is 204 Å². The Morgan fingerprint density at radius 3 is 2.64 bits per heavy atom. The Balaban J connectivity index is 1.32. The maximum atomic E-state index is 13.4. The molecule has 4 aromatic rings. The molecular formula is C25H24F3N7O. The minimum absolute atomic E-state index is 0.0762. The number of fused-ring (bicyclic) bond motifs is 3. The number of hydrogen-bond donors (Lipinski definition) is 1. The van der Waals surface area contributed by atoms with Gasteiger partial charge < -0.3 is 14.0 Å². The Hall–Kier alpha value is -3.47. The summed E-state index contributed by atoms with van der Waals surface area (Å²) < 4.78 is 43.8. The standard InChI is InChI=1S/C25H24F3N7O/c1-12-10-35(23-19(12)32-23)24(36)15-7-16-21(29-9-15)33(2)22(30-16)17-8-14-5-6-18(25(26,27)28)31-20(14)34(17)11-13-3-4-13/h5-9,12-13,19,23,32H,3-4,10-11H2,1-2H3/t12-,19-,23?/m1/s1. The molecule has 1 saturated carbocycles. The van der Waals surface area contributed by atoms with Gasteiger partial charge in [0, 0.05) is 37.8 Å². The minimum atomic E-state index is -4.52. The molecule has 3 fully saturated rings. The van der Waals surface area contributed by atoms with Crippen molar-refractivity contribution in [3.05, 3.63) is 41.7 Å². The topological polar surface area (TPSA) is 90.8 Å². The summed E-state index contributed by atoms with van der Waals surface area (Å²) in [5, 5.41) is 3.96. The lowest BCUT2D eigenvalue weighted by Crippen LogP contribution is -2.35. The molecule has 11 heteroatoms. The summed E-state index contributed by atoms with van der Waals surface area (Å²) in [5.41, 5.74) is 1.73. The Morgan fingerprint density at radius 1 is 1.17 bits per heavy atom. The molecule has 1 N–H and O–H groups in total.